The third-order valence-electron chi connectivity index (χ3n) is 10.5. The van der Waals surface area contributed by atoms with E-state index in [1.54, 1.807) is 67.8 Å². The summed E-state index contributed by atoms with van der Waals surface area (Å²) in [5.41, 5.74) is 1.25. The average Bonchev–Trinajstić information content (AvgIpc) is 3.78. The second-order valence-corrected chi connectivity index (χ2v) is 18.7. The van der Waals surface area contributed by atoms with E-state index in [2.05, 4.69) is 19.7 Å². The molecule has 2 atom stereocenters. The smallest absolute Gasteiger partial charge is 0.343 e. The minimum absolute atomic E-state index is 0.0539. The maximum absolute atomic E-state index is 13.6. The Morgan fingerprint density at radius 1 is 0.726 bits per heavy atom. The van der Waals surface area contributed by atoms with Crippen molar-refractivity contribution in [1.82, 2.24) is 4.98 Å². The first-order valence-corrected chi connectivity index (χ1v) is 24.2. The van der Waals surface area contributed by atoms with Gasteiger partial charge in [-0.15, -0.1) is 11.3 Å². The van der Waals surface area contributed by atoms with E-state index in [-0.39, 0.29) is 50.2 Å². The topological polar surface area (TPSA) is 202 Å². The standard InChI is InChI=1S/C56H60N2O14S/c1-9-41(32-48-58-45-15-13-14-16-47(45)73-48)57-33-40-31-37(27-29-66-53(63)38-20-24-43(25-21-38)71-55(5,6)36-56(7,8)72-51(61)12-4)17-26-46(40)70-54(64)39-18-22-42(23-19-39)67-34-44(35-68-50(60)11-3)69-52(62)28-30-65-49(59)10-2/h10-26,31,33,41,44H,2-4,9,27-30,32,34-36H2,1,5-8H3/b57-33+. The van der Waals surface area contributed by atoms with Gasteiger partial charge in [0.2, 0.25) is 0 Å². The van der Waals surface area contributed by atoms with Crippen LogP contribution >= 0.6 is 11.3 Å². The SMILES string of the molecule is C=CC(=O)OCCC(=O)OC(COC(=O)C=C)COc1ccc(C(=O)Oc2ccc(CCOC(=O)c3ccc(OC(C)(C)CC(C)(C)OC(=O)C=C)cc3)cc2/C=N/C(CC)Cc2nc3ccccc3s2)cc1. The Labute approximate surface area is 428 Å². The minimum Gasteiger partial charge on any atom is -0.490 e. The molecule has 0 aliphatic rings. The number of carbonyl (C=O) groups excluding carboxylic acids is 6. The van der Waals surface area contributed by atoms with Crippen LogP contribution in [0.2, 0.25) is 0 Å². The molecule has 0 aliphatic carbocycles. The Morgan fingerprint density at radius 3 is 2.05 bits per heavy atom. The zero-order valence-electron chi connectivity index (χ0n) is 41.6. The van der Waals surface area contributed by atoms with Crippen molar-refractivity contribution in [2.75, 3.05) is 26.4 Å². The van der Waals surface area contributed by atoms with E-state index in [1.165, 1.54) is 24.3 Å². The van der Waals surface area contributed by atoms with Crippen LogP contribution in [0.5, 0.6) is 17.2 Å². The molecule has 1 heterocycles. The van der Waals surface area contributed by atoms with Gasteiger partial charge in [0.15, 0.2) is 6.10 Å². The van der Waals surface area contributed by atoms with Crippen LogP contribution in [-0.4, -0.2) is 96.8 Å². The Kier molecular flexibility index (Phi) is 20.8. The summed E-state index contributed by atoms with van der Waals surface area (Å²) in [5, 5.41) is 0.954. The fourth-order valence-electron chi connectivity index (χ4n) is 7.30. The number of nitrogens with zero attached hydrogens (tertiary/aromatic N) is 2. The van der Waals surface area contributed by atoms with Gasteiger partial charge >= 0.3 is 35.8 Å². The molecule has 0 fully saturated rings. The molecule has 1 aromatic heterocycles. The molecule has 17 heteroatoms. The molecule has 0 bridgehead atoms. The number of rotatable bonds is 28. The predicted octanol–water partition coefficient (Wildman–Crippen LogP) is 9.55. The molecular formula is C56H60N2O14S. The highest BCUT2D eigenvalue weighted by Crippen LogP contribution is 2.30. The van der Waals surface area contributed by atoms with Crippen molar-refractivity contribution in [2.45, 2.75) is 90.1 Å². The fraction of sp³-hybridized carbons (Fsp3) is 0.321. The number of para-hydroxylation sites is 1. The highest BCUT2D eigenvalue weighted by atomic mass is 32.1. The van der Waals surface area contributed by atoms with Crippen LogP contribution in [0.1, 0.15) is 90.7 Å². The van der Waals surface area contributed by atoms with Crippen LogP contribution < -0.4 is 14.2 Å². The van der Waals surface area contributed by atoms with Crippen molar-refractivity contribution < 1.29 is 66.7 Å². The summed E-state index contributed by atoms with van der Waals surface area (Å²) < 4.78 is 45.4. The zero-order valence-corrected chi connectivity index (χ0v) is 42.4. The molecule has 5 aromatic rings. The van der Waals surface area contributed by atoms with E-state index in [9.17, 15) is 28.8 Å². The predicted molar refractivity (Wildman–Crippen MR) is 275 cm³/mol. The summed E-state index contributed by atoms with van der Waals surface area (Å²) in [6.45, 7) is 18.8. The Morgan fingerprint density at radius 2 is 1.38 bits per heavy atom. The summed E-state index contributed by atoms with van der Waals surface area (Å²) in [7, 11) is 0. The monoisotopic (exact) mass is 1020 g/mol. The number of aliphatic imine (C=N–C) groups is 1. The van der Waals surface area contributed by atoms with Crippen molar-refractivity contribution >= 4 is 63.6 Å². The van der Waals surface area contributed by atoms with Crippen molar-refractivity contribution in [2.24, 2.45) is 4.99 Å². The molecular weight excluding hydrogens is 957 g/mol. The van der Waals surface area contributed by atoms with Crippen molar-refractivity contribution in [1.29, 1.82) is 0 Å². The molecule has 0 aliphatic heterocycles. The number of thiazole rings is 1. The van der Waals surface area contributed by atoms with Gasteiger partial charge in [0.05, 0.1) is 45.4 Å². The van der Waals surface area contributed by atoms with Gasteiger partial charge in [0.25, 0.3) is 0 Å². The van der Waals surface area contributed by atoms with Crippen LogP contribution in [0.3, 0.4) is 0 Å². The van der Waals surface area contributed by atoms with Crippen molar-refractivity contribution in [3.63, 3.8) is 0 Å². The van der Waals surface area contributed by atoms with Gasteiger partial charge in [-0.2, -0.15) is 0 Å². The van der Waals surface area contributed by atoms with Crippen LogP contribution in [0, 0.1) is 0 Å². The Balaban J connectivity index is 1.24. The summed E-state index contributed by atoms with van der Waals surface area (Å²) in [6, 6.07) is 25.7. The lowest BCUT2D eigenvalue weighted by atomic mass is 9.92. The number of hydrogen-bond donors (Lipinski definition) is 0. The number of aromatic nitrogens is 1. The van der Waals surface area contributed by atoms with Crippen molar-refractivity contribution in [3.8, 4) is 17.2 Å². The van der Waals surface area contributed by atoms with Gasteiger partial charge in [-0.05, 0) is 112 Å². The largest absolute Gasteiger partial charge is 0.490 e. The molecule has 5 rings (SSSR count). The fourth-order valence-corrected chi connectivity index (χ4v) is 8.34. The van der Waals surface area contributed by atoms with Gasteiger partial charge in [-0.25, -0.2) is 29.0 Å². The average molecular weight is 1020 g/mol. The van der Waals surface area contributed by atoms with Gasteiger partial charge in [-0.1, -0.05) is 44.9 Å². The molecule has 0 amide bonds. The number of esters is 6. The second kappa shape index (κ2) is 27.1. The van der Waals surface area contributed by atoms with E-state index in [4.69, 9.17) is 47.9 Å². The number of benzene rings is 4. The van der Waals surface area contributed by atoms with Gasteiger partial charge in [-0.3, -0.25) is 9.79 Å². The highest BCUT2D eigenvalue weighted by molar-refractivity contribution is 7.18. The first kappa shape index (κ1) is 56.0. The third-order valence-corrected chi connectivity index (χ3v) is 11.6. The van der Waals surface area contributed by atoms with Gasteiger partial charge < -0.3 is 37.9 Å². The molecule has 0 radical (unpaired) electrons. The molecule has 0 saturated heterocycles. The van der Waals surface area contributed by atoms with E-state index >= 15 is 0 Å². The molecule has 16 nitrogen and oxygen atoms in total. The second-order valence-electron chi connectivity index (χ2n) is 17.6. The lowest BCUT2D eigenvalue weighted by Crippen LogP contribution is -2.40. The first-order chi connectivity index (χ1) is 34.9. The van der Waals surface area contributed by atoms with Gasteiger partial charge in [0, 0.05) is 49.3 Å². The quantitative estimate of drug-likeness (QED) is 0.0151. The summed E-state index contributed by atoms with van der Waals surface area (Å²) in [6.07, 6.45) is 5.50. The molecule has 4 aromatic carbocycles. The minimum atomic E-state index is -1.03. The number of hydrogen-bond acceptors (Lipinski definition) is 17. The molecule has 73 heavy (non-hydrogen) atoms. The van der Waals surface area contributed by atoms with Crippen LogP contribution in [0.25, 0.3) is 10.2 Å². The molecule has 2 unspecified atom stereocenters. The van der Waals surface area contributed by atoms with E-state index in [1.807, 2.05) is 51.1 Å². The molecule has 0 N–H and O–H groups in total. The lowest BCUT2D eigenvalue weighted by Gasteiger charge is -2.34. The van der Waals surface area contributed by atoms with E-state index in [0.717, 1.165) is 45.4 Å². The number of ether oxygens (including phenoxy) is 8. The zero-order chi connectivity index (χ0) is 53.0. The number of fused-ring (bicyclic) bond motifs is 1. The van der Waals surface area contributed by atoms with Gasteiger partial charge in [0.1, 0.15) is 48.3 Å². The van der Waals surface area contributed by atoms with Crippen LogP contribution in [0.4, 0.5) is 0 Å². The number of carbonyl (C=O) groups is 6. The normalized spacial score (nSPS) is 12.2. The maximum atomic E-state index is 13.6. The first-order valence-electron chi connectivity index (χ1n) is 23.4. The van der Waals surface area contributed by atoms with Crippen LogP contribution in [-0.2, 0) is 55.7 Å². The van der Waals surface area contributed by atoms with Crippen LogP contribution in [0.15, 0.2) is 134 Å². The summed E-state index contributed by atoms with van der Waals surface area (Å²) in [4.78, 5) is 83.7. The third kappa shape index (κ3) is 18.6. The van der Waals surface area contributed by atoms with E-state index in [0.29, 0.717) is 41.9 Å². The Hall–Kier alpha value is -7.92. The molecule has 0 saturated carbocycles. The molecule has 0 spiro atoms. The van der Waals surface area contributed by atoms with Crippen molar-refractivity contribution in [3.05, 3.63) is 156 Å². The summed E-state index contributed by atoms with van der Waals surface area (Å²) >= 11 is 1.62. The molecule has 384 valence electrons. The summed E-state index contributed by atoms with van der Waals surface area (Å²) in [5.74, 6) is -2.78. The maximum Gasteiger partial charge on any atom is 0.343 e. The van der Waals surface area contributed by atoms with E-state index < -0.39 is 53.1 Å². The Bertz CT molecular complexity index is 2740. The highest BCUT2D eigenvalue weighted by Gasteiger charge is 2.33. The lowest BCUT2D eigenvalue weighted by molar-refractivity contribution is -0.160.